The number of benzene rings is 2. The minimum atomic E-state index is -3.83. The maximum atomic E-state index is 12.3. The molecule has 11 nitrogen and oxygen atoms in total. The molecule has 0 bridgehead atoms. The number of ether oxygens (including phenoxy) is 1. The third kappa shape index (κ3) is 6.24. The predicted molar refractivity (Wildman–Crippen MR) is 116 cm³/mol. The molecule has 0 saturated heterocycles. The molecule has 3 rings (SSSR count). The fraction of sp³-hybridized carbons (Fsp3) is 0.143. The normalized spacial score (nSPS) is 11.1. The fourth-order valence-electron chi connectivity index (χ4n) is 2.73. The summed E-state index contributed by atoms with van der Waals surface area (Å²) in [7, 11) is -3.83. The fourth-order valence-corrected chi connectivity index (χ4v) is 3.73. The average molecular weight is 473 g/mol. The summed E-state index contributed by atoms with van der Waals surface area (Å²) in [6.45, 7) is 0.952. The molecule has 0 spiro atoms. The van der Waals surface area contributed by atoms with E-state index in [0.717, 1.165) is 0 Å². The molecule has 3 aromatic rings. The topological polar surface area (TPSA) is 158 Å². The van der Waals surface area contributed by atoms with Crippen LogP contribution in [0.1, 0.15) is 21.7 Å². The van der Waals surface area contributed by atoms with E-state index in [2.05, 4.69) is 10.0 Å². The molecular weight excluding hydrogens is 454 g/mol. The number of nitro groups is 1. The Morgan fingerprint density at radius 3 is 2.48 bits per heavy atom. The second-order valence-corrected chi connectivity index (χ2v) is 8.60. The molecule has 12 heteroatoms. The van der Waals surface area contributed by atoms with Gasteiger partial charge in [-0.2, -0.15) is 0 Å². The van der Waals surface area contributed by atoms with Crippen molar-refractivity contribution in [1.29, 1.82) is 0 Å². The number of rotatable bonds is 9. The number of sulfonamides is 1. The number of carbonyl (C=O) groups excluding carboxylic acids is 2. The highest BCUT2D eigenvalue weighted by molar-refractivity contribution is 7.89. The van der Waals surface area contributed by atoms with Crippen molar-refractivity contribution in [2.75, 3.05) is 11.9 Å². The third-order valence-electron chi connectivity index (χ3n) is 4.38. The third-order valence-corrected chi connectivity index (χ3v) is 5.79. The SMILES string of the molecule is Cc1ccc(NC(=O)COC(=O)c2ccc(S(=O)(=O)NCc3ccco3)cc2)c([N+](=O)[O-])c1. The van der Waals surface area contributed by atoms with Gasteiger partial charge in [0, 0.05) is 6.07 Å². The van der Waals surface area contributed by atoms with Gasteiger partial charge in [-0.3, -0.25) is 14.9 Å². The standard InChI is InChI=1S/C21H19N3O8S/c1-14-4-9-18(19(11-14)24(27)28)23-20(25)13-32-21(26)15-5-7-17(8-6-15)33(29,30)22-12-16-3-2-10-31-16/h2-11,22H,12-13H2,1H3,(H,23,25). The maximum absolute atomic E-state index is 12.3. The van der Waals surface area contributed by atoms with Gasteiger partial charge in [0.1, 0.15) is 11.4 Å². The first-order valence-corrected chi connectivity index (χ1v) is 11.0. The lowest BCUT2D eigenvalue weighted by Gasteiger charge is -2.09. The summed E-state index contributed by atoms with van der Waals surface area (Å²) in [5.41, 5.74) is 0.359. The van der Waals surface area contributed by atoms with E-state index in [9.17, 15) is 28.1 Å². The van der Waals surface area contributed by atoms with E-state index in [-0.39, 0.29) is 28.4 Å². The number of anilines is 1. The van der Waals surface area contributed by atoms with Crippen molar-refractivity contribution in [1.82, 2.24) is 4.72 Å². The quantitative estimate of drug-likeness (QED) is 0.273. The molecule has 0 saturated carbocycles. The lowest BCUT2D eigenvalue weighted by atomic mass is 10.2. The molecule has 0 fully saturated rings. The van der Waals surface area contributed by atoms with E-state index in [1.54, 1.807) is 25.1 Å². The first kappa shape index (κ1) is 23.6. The monoisotopic (exact) mass is 473 g/mol. The molecule has 2 aromatic carbocycles. The minimum Gasteiger partial charge on any atom is -0.468 e. The molecule has 1 heterocycles. The molecule has 0 aliphatic carbocycles. The van der Waals surface area contributed by atoms with Crippen LogP contribution < -0.4 is 10.0 Å². The minimum absolute atomic E-state index is 0.0223. The maximum Gasteiger partial charge on any atom is 0.338 e. The first-order valence-electron chi connectivity index (χ1n) is 9.50. The average Bonchev–Trinajstić information content (AvgIpc) is 3.31. The van der Waals surface area contributed by atoms with E-state index in [4.69, 9.17) is 9.15 Å². The molecule has 0 radical (unpaired) electrons. The highest BCUT2D eigenvalue weighted by Gasteiger charge is 2.18. The number of amides is 1. The number of esters is 1. The zero-order valence-corrected chi connectivity index (χ0v) is 18.1. The van der Waals surface area contributed by atoms with Crippen LogP contribution in [0, 0.1) is 17.0 Å². The van der Waals surface area contributed by atoms with E-state index in [1.807, 2.05) is 0 Å². The molecule has 0 unspecified atom stereocenters. The molecule has 172 valence electrons. The van der Waals surface area contributed by atoms with Gasteiger partial charge in [0.25, 0.3) is 11.6 Å². The molecule has 0 aliphatic heterocycles. The second kappa shape index (κ2) is 10.1. The molecule has 1 aromatic heterocycles. The summed E-state index contributed by atoms with van der Waals surface area (Å²) in [5, 5.41) is 13.4. The summed E-state index contributed by atoms with van der Waals surface area (Å²) >= 11 is 0. The molecule has 2 N–H and O–H groups in total. The summed E-state index contributed by atoms with van der Waals surface area (Å²) in [6.07, 6.45) is 1.42. The van der Waals surface area contributed by atoms with Crippen LogP contribution in [0.5, 0.6) is 0 Å². The molecular formula is C21H19N3O8S. The van der Waals surface area contributed by atoms with Gasteiger partial charge in [0.05, 0.1) is 28.2 Å². The van der Waals surface area contributed by atoms with Crippen molar-refractivity contribution in [2.24, 2.45) is 0 Å². The number of hydrogen-bond donors (Lipinski definition) is 2. The van der Waals surface area contributed by atoms with Crippen molar-refractivity contribution in [3.63, 3.8) is 0 Å². The number of aryl methyl sites for hydroxylation is 1. The van der Waals surface area contributed by atoms with Gasteiger partial charge in [-0.1, -0.05) is 6.07 Å². The highest BCUT2D eigenvalue weighted by atomic mass is 32.2. The van der Waals surface area contributed by atoms with Gasteiger partial charge in [-0.25, -0.2) is 17.9 Å². The van der Waals surface area contributed by atoms with Crippen LogP contribution in [-0.2, 0) is 26.1 Å². The Morgan fingerprint density at radius 1 is 1.12 bits per heavy atom. The Bertz CT molecular complexity index is 1270. The Kier molecular flexibility index (Phi) is 7.20. The summed E-state index contributed by atoms with van der Waals surface area (Å²) in [5.74, 6) is -1.19. The molecule has 1 amide bonds. The van der Waals surface area contributed by atoms with Gasteiger partial charge in [0.15, 0.2) is 6.61 Å². The van der Waals surface area contributed by atoms with Crippen LogP contribution in [0.15, 0.2) is 70.2 Å². The van der Waals surface area contributed by atoms with Crippen LogP contribution in [-0.4, -0.2) is 31.8 Å². The van der Waals surface area contributed by atoms with E-state index >= 15 is 0 Å². The predicted octanol–water partition coefficient (Wildman–Crippen LogP) is 2.77. The van der Waals surface area contributed by atoms with Crippen LogP contribution in [0.2, 0.25) is 0 Å². The van der Waals surface area contributed by atoms with Gasteiger partial charge in [0.2, 0.25) is 10.0 Å². The first-order chi connectivity index (χ1) is 15.7. The Balaban J connectivity index is 1.56. The van der Waals surface area contributed by atoms with Crippen molar-refractivity contribution in [3.05, 3.63) is 87.9 Å². The number of nitrogens with one attached hydrogen (secondary N) is 2. The van der Waals surface area contributed by atoms with Crippen LogP contribution in [0.3, 0.4) is 0 Å². The summed E-state index contributed by atoms with van der Waals surface area (Å²) in [6, 6.07) is 12.5. The Labute approximate surface area is 188 Å². The largest absolute Gasteiger partial charge is 0.468 e. The summed E-state index contributed by atoms with van der Waals surface area (Å²) < 4.78 is 37.0. The zero-order valence-electron chi connectivity index (χ0n) is 17.3. The lowest BCUT2D eigenvalue weighted by molar-refractivity contribution is -0.384. The van der Waals surface area contributed by atoms with Crippen LogP contribution in [0.4, 0.5) is 11.4 Å². The Hall–Kier alpha value is -4.03. The molecule has 0 atom stereocenters. The summed E-state index contributed by atoms with van der Waals surface area (Å²) in [4.78, 5) is 34.6. The Morgan fingerprint density at radius 2 is 1.85 bits per heavy atom. The number of hydrogen-bond acceptors (Lipinski definition) is 8. The zero-order chi connectivity index (χ0) is 24.0. The van der Waals surface area contributed by atoms with Crippen LogP contribution in [0.25, 0.3) is 0 Å². The number of nitrogens with zero attached hydrogens (tertiary/aromatic N) is 1. The van der Waals surface area contributed by atoms with Gasteiger partial charge >= 0.3 is 5.97 Å². The van der Waals surface area contributed by atoms with Crippen LogP contribution >= 0.6 is 0 Å². The number of nitro benzene ring substituents is 1. The highest BCUT2D eigenvalue weighted by Crippen LogP contribution is 2.25. The smallest absolute Gasteiger partial charge is 0.338 e. The van der Waals surface area contributed by atoms with Gasteiger partial charge in [-0.05, 0) is 55.0 Å². The van der Waals surface area contributed by atoms with E-state index in [1.165, 1.54) is 42.7 Å². The van der Waals surface area contributed by atoms with Gasteiger partial charge in [-0.15, -0.1) is 0 Å². The van der Waals surface area contributed by atoms with E-state index in [0.29, 0.717) is 11.3 Å². The van der Waals surface area contributed by atoms with E-state index < -0.39 is 33.4 Å². The molecule has 33 heavy (non-hydrogen) atoms. The van der Waals surface area contributed by atoms with Crippen molar-refractivity contribution in [2.45, 2.75) is 18.4 Å². The van der Waals surface area contributed by atoms with Crippen molar-refractivity contribution >= 4 is 33.3 Å². The lowest BCUT2D eigenvalue weighted by Crippen LogP contribution is -2.23. The van der Waals surface area contributed by atoms with Gasteiger partial charge < -0.3 is 14.5 Å². The number of furan rings is 1. The number of carbonyl (C=O) groups is 2. The molecule has 0 aliphatic rings. The van der Waals surface area contributed by atoms with Crippen molar-refractivity contribution in [3.8, 4) is 0 Å². The second-order valence-electron chi connectivity index (χ2n) is 6.83. The van der Waals surface area contributed by atoms with Crippen molar-refractivity contribution < 1.29 is 32.1 Å².